The molecule has 5 nitrogen and oxygen atoms in total. The van der Waals surface area contributed by atoms with Gasteiger partial charge in [0.2, 0.25) is 11.8 Å². The lowest BCUT2D eigenvalue weighted by Crippen LogP contribution is -2.39. The highest BCUT2D eigenvalue weighted by molar-refractivity contribution is 5.84. The molecule has 0 saturated heterocycles. The van der Waals surface area contributed by atoms with Gasteiger partial charge in [-0.3, -0.25) is 9.59 Å². The molecule has 5 heteroatoms. The molecule has 82 valence electrons. The van der Waals surface area contributed by atoms with Gasteiger partial charge in [-0.25, -0.2) is 0 Å². The van der Waals surface area contributed by atoms with E-state index >= 15 is 0 Å². The van der Waals surface area contributed by atoms with Crippen molar-refractivity contribution in [2.75, 3.05) is 27.2 Å². The highest BCUT2D eigenvalue weighted by Gasteiger charge is 2.12. The molecule has 0 aromatic heterocycles. The lowest BCUT2D eigenvalue weighted by Gasteiger charge is -2.16. The predicted octanol–water partition coefficient (Wildman–Crippen LogP) is -0.384. The van der Waals surface area contributed by atoms with Crippen molar-refractivity contribution in [2.45, 2.75) is 20.0 Å². The van der Waals surface area contributed by atoms with Gasteiger partial charge in [-0.2, -0.15) is 0 Å². The molecule has 0 spiro atoms. The van der Waals surface area contributed by atoms with Crippen molar-refractivity contribution in [1.29, 1.82) is 0 Å². The van der Waals surface area contributed by atoms with Crippen LogP contribution in [0.3, 0.4) is 0 Å². The maximum absolute atomic E-state index is 11.3. The molecular weight excluding hydrogens is 184 g/mol. The summed E-state index contributed by atoms with van der Waals surface area (Å²) in [5.74, 6) is -0.382. The van der Waals surface area contributed by atoms with Crippen LogP contribution in [0, 0.1) is 0 Å². The van der Waals surface area contributed by atoms with Crippen LogP contribution in [0.1, 0.15) is 13.8 Å². The van der Waals surface area contributed by atoms with Crippen molar-refractivity contribution in [3.63, 3.8) is 0 Å². The van der Waals surface area contributed by atoms with Crippen molar-refractivity contribution in [1.82, 2.24) is 10.2 Å². The average Bonchev–Trinajstić information content (AvgIpc) is 2.13. The van der Waals surface area contributed by atoms with E-state index in [0.29, 0.717) is 0 Å². The number of likely N-dealkylation sites (N-methyl/N-ethyl adjacent to an activating group) is 2. The molecule has 0 aromatic rings. The summed E-state index contributed by atoms with van der Waals surface area (Å²) in [5, 5.41) is 2.44. The van der Waals surface area contributed by atoms with Crippen LogP contribution in [0.25, 0.3) is 0 Å². The fourth-order valence-corrected chi connectivity index (χ4v) is 0.731. The van der Waals surface area contributed by atoms with Gasteiger partial charge in [-0.1, -0.05) is 0 Å². The van der Waals surface area contributed by atoms with Crippen molar-refractivity contribution >= 4 is 11.8 Å². The van der Waals surface area contributed by atoms with Crippen LogP contribution in [0.15, 0.2) is 0 Å². The molecule has 0 heterocycles. The van der Waals surface area contributed by atoms with E-state index in [9.17, 15) is 9.59 Å². The predicted molar refractivity (Wildman–Crippen MR) is 52.8 cm³/mol. The summed E-state index contributed by atoms with van der Waals surface area (Å²) in [5.41, 5.74) is 0. The van der Waals surface area contributed by atoms with Gasteiger partial charge in [-0.05, 0) is 13.8 Å². The Morgan fingerprint density at radius 3 is 2.43 bits per heavy atom. The number of carbonyl (C=O) groups excluding carboxylic acids is 2. The first-order chi connectivity index (χ1) is 6.47. The Hall–Kier alpha value is -1.10. The topological polar surface area (TPSA) is 58.6 Å². The molecule has 0 fully saturated rings. The first-order valence-corrected chi connectivity index (χ1v) is 4.53. The van der Waals surface area contributed by atoms with Gasteiger partial charge in [0, 0.05) is 14.1 Å². The van der Waals surface area contributed by atoms with Crippen LogP contribution in [0.4, 0.5) is 0 Å². The van der Waals surface area contributed by atoms with Crippen LogP contribution in [0.5, 0.6) is 0 Å². The Balaban J connectivity index is 3.82. The Bertz CT molecular complexity index is 204. The zero-order valence-electron chi connectivity index (χ0n) is 9.16. The minimum absolute atomic E-state index is 0.0190. The largest absolute Gasteiger partial charge is 0.369 e. The molecule has 14 heavy (non-hydrogen) atoms. The second-order valence-electron chi connectivity index (χ2n) is 3.28. The maximum Gasteiger partial charge on any atom is 0.248 e. The van der Waals surface area contributed by atoms with Crippen LogP contribution in [0.2, 0.25) is 0 Å². The van der Waals surface area contributed by atoms with Crippen LogP contribution < -0.4 is 5.32 Å². The summed E-state index contributed by atoms with van der Waals surface area (Å²) in [6, 6.07) is 0. The summed E-state index contributed by atoms with van der Waals surface area (Å²) in [7, 11) is 3.10. The molecule has 0 radical (unpaired) electrons. The summed E-state index contributed by atoms with van der Waals surface area (Å²) in [6.45, 7) is 3.79. The average molecular weight is 202 g/mol. The summed E-state index contributed by atoms with van der Waals surface area (Å²) >= 11 is 0. The molecule has 0 aliphatic heterocycles. The summed E-state index contributed by atoms with van der Waals surface area (Å²) < 4.78 is 5.12. The Morgan fingerprint density at radius 2 is 2.00 bits per heavy atom. The van der Waals surface area contributed by atoms with Crippen LogP contribution in [-0.2, 0) is 14.3 Å². The fraction of sp³-hybridized carbons (Fsp3) is 0.778. The van der Waals surface area contributed by atoms with E-state index in [1.54, 1.807) is 7.05 Å². The Labute approximate surface area is 84.4 Å². The highest BCUT2D eigenvalue weighted by atomic mass is 16.5. The summed E-state index contributed by atoms with van der Waals surface area (Å²) in [6.07, 6.45) is 0.0207. The van der Waals surface area contributed by atoms with Gasteiger partial charge >= 0.3 is 0 Å². The normalized spacial score (nSPS) is 10.1. The van der Waals surface area contributed by atoms with E-state index in [0.717, 1.165) is 0 Å². The number of rotatable bonds is 5. The van der Waals surface area contributed by atoms with E-state index < -0.39 is 0 Å². The quantitative estimate of drug-likeness (QED) is 0.661. The van der Waals surface area contributed by atoms with Gasteiger partial charge in [0.25, 0.3) is 0 Å². The van der Waals surface area contributed by atoms with Crippen molar-refractivity contribution in [2.24, 2.45) is 0 Å². The Kier molecular flexibility index (Phi) is 5.87. The number of ether oxygens (including phenoxy) is 1. The molecule has 0 aliphatic rings. The molecule has 0 aliphatic carbocycles. The van der Waals surface area contributed by atoms with Gasteiger partial charge in [-0.15, -0.1) is 0 Å². The number of hydrogen-bond donors (Lipinski definition) is 1. The Morgan fingerprint density at radius 1 is 1.43 bits per heavy atom. The first kappa shape index (κ1) is 12.9. The lowest BCUT2D eigenvalue weighted by molar-refractivity contribution is -0.139. The SMILES string of the molecule is CNC(=O)CN(C)C(=O)COC(C)C. The number of amides is 2. The van der Waals surface area contributed by atoms with Gasteiger partial charge in [0.05, 0.1) is 12.6 Å². The van der Waals surface area contributed by atoms with Gasteiger partial charge < -0.3 is 15.0 Å². The molecule has 0 saturated carbocycles. The zero-order chi connectivity index (χ0) is 11.1. The fourth-order valence-electron chi connectivity index (χ4n) is 0.731. The third kappa shape index (κ3) is 5.53. The monoisotopic (exact) mass is 202 g/mol. The number of nitrogens with one attached hydrogen (secondary N) is 1. The van der Waals surface area contributed by atoms with Gasteiger partial charge in [0.1, 0.15) is 6.61 Å². The molecule has 0 unspecified atom stereocenters. The van der Waals surface area contributed by atoms with Gasteiger partial charge in [0.15, 0.2) is 0 Å². The lowest BCUT2D eigenvalue weighted by atomic mass is 10.4. The number of hydrogen-bond acceptors (Lipinski definition) is 3. The molecule has 1 N–H and O–H groups in total. The second-order valence-corrected chi connectivity index (χ2v) is 3.28. The summed E-state index contributed by atoms with van der Waals surface area (Å²) in [4.78, 5) is 23.6. The van der Waals surface area contributed by atoms with Crippen LogP contribution >= 0.6 is 0 Å². The molecule has 0 rings (SSSR count). The smallest absolute Gasteiger partial charge is 0.248 e. The molecule has 0 bridgehead atoms. The number of carbonyl (C=O) groups is 2. The third-order valence-corrected chi connectivity index (χ3v) is 1.63. The third-order valence-electron chi connectivity index (χ3n) is 1.63. The van der Waals surface area contributed by atoms with E-state index in [1.165, 1.54) is 11.9 Å². The minimum Gasteiger partial charge on any atom is -0.369 e. The number of nitrogens with zero attached hydrogens (tertiary/aromatic N) is 1. The first-order valence-electron chi connectivity index (χ1n) is 4.53. The minimum atomic E-state index is -0.192. The van der Waals surface area contributed by atoms with E-state index in [4.69, 9.17) is 4.74 Å². The zero-order valence-corrected chi connectivity index (χ0v) is 9.16. The standard InChI is InChI=1S/C9H18N2O3/c1-7(2)14-6-9(13)11(4)5-8(12)10-3/h7H,5-6H2,1-4H3,(H,10,12). The second kappa shape index (κ2) is 6.37. The molecular formula is C9H18N2O3. The van der Waals surface area contributed by atoms with Crippen molar-refractivity contribution in [3.05, 3.63) is 0 Å². The van der Waals surface area contributed by atoms with Crippen LogP contribution in [-0.4, -0.2) is 50.1 Å². The van der Waals surface area contributed by atoms with Crippen molar-refractivity contribution < 1.29 is 14.3 Å². The highest BCUT2D eigenvalue weighted by Crippen LogP contribution is 1.91. The van der Waals surface area contributed by atoms with E-state index in [-0.39, 0.29) is 31.1 Å². The van der Waals surface area contributed by atoms with E-state index in [1.807, 2.05) is 13.8 Å². The van der Waals surface area contributed by atoms with Crippen molar-refractivity contribution in [3.8, 4) is 0 Å². The maximum atomic E-state index is 11.3. The molecule has 2 amide bonds. The molecule has 0 aromatic carbocycles. The molecule has 0 atom stereocenters. The van der Waals surface area contributed by atoms with E-state index in [2.05, 4.69) is 5.32 Å².